The Hall–Kier alpha value is -1.02. The third-order valence-corrected chi connectivity index (χ3v) is 3.23. The maximum atomic E-state index is 11.8. The van der Waals surface area contributed by atoms with Crippen molar-refractivity contribution in [3.8, 4) is 0 Å². The van der Waals surface area contributed by atoms with E-state index in [0.717, 1.165) is 24.1 Å². The molecule has 0 aliphatic rings. The first-order valence-electron chi connectivity index (χ1n) is 6.71. The highest BCUT2D eigenvalue weighted by Crippen LogP contribution is 2.17. The minimum atomic E-state index is 0.0871. The standard InChI is InChI=1S/C15H22ClNO/c1-2-3-4-5-6-11-15(18)17-14-10-8-7-9-13(14)12-16/h7-10H,2-6,11-12H2,1H3,(H,17,18). The van der Waals surface area contributed by atoms with Gasteiger partial charge in [0.25, 0.3) is 0 Å². The second kappa shape index (κ2) is 8.98. The number of unbranched alkanes of at least 4 members (excludes halogenated alkanes) is 4. The van der Waals surface area contributed by atoms with Gasteiger partial charge in [0, 0.05) is 18.0 Å². The van der Waals surface area contributed by atoms with E-state index in [-0.39, 0.29) is 5.91 Å². The molecule has 0 aliphatic heterocycles. The molecule has 0 heterocycles. The molecule has 3 heteroatoms. The number of benzene rings is 1. The van der Waals surface area contributed by atoms with Crippen LogP contribution in [0.5, 0.6) is 0 Å². The molecule has 18 heavy (non-hydrogen) atoms. The average molecular weight is 268 g/mol. The number of hydrogen-bond acceptors (Lipinski definition) is 1. The van der Waals surface area contributed by atoms with Crippen LogP contribution in [-0.4, -0.2) is 5.91 Å². The van der Waals surface area contributed by atoms with Gasteiger partial charge in [-0.1, -0.05) is 50.8 Å². The van der Waals surface area contributed by atoms with Crippen LogP contribution in [0, 0.1) is 0 Å². The number of halogens is 1. The van der Waals surface area contributed by atoms with E-state index >= 15 is 0 Å². The lowest BCUT2D eigenvalue weighted by Gasteiger charge is -2.08. The topological polar surface area (TPSA) is 29.1 Å². The molecular weight excluding hydrogens is 246 g/mol. The zero-order chi connectivity index (χ0) is 13.2. The summed E-state index contributed by atoms with van der Waals surface area (Å²) in [5, 5.41) is 2.93. The predicted molar refractivity (Wildman–Crippen MR) is 78.0 cm³/mol. The molecule has 2 nitrogen and oxygen atoms in total. The lowest BCUT2D eigenvalue weighted by molar-refractivity contribution is -0.116. The fourth-order valence-corrected chi connectivity index (χ4v) is 2.09. The minimum Gasteiger partial charge on any atom is -0.326 e. The van der Waals surface area contributed by atoms with Gasteiger partial charge in [-0.15, -0.1) is 11.6 Å². The third kappa shape index (κ3) is 5.54. The molecule has 1 aromatic carbocycles. The first-order chi connectivity index (χ1) is 8.77. The number of rotatable bonds is 8. The Bertz CT molecular complexity index is 365. The molecule has 0 bridgehead atoms. The molecule has 0 radical (unpaired) electrons. The number of alkyl halides is 1. The highest BCUT2D eigenvalue weighted by atomic mass is 35.5. The summed E-state index contributed by atoms with van der Waals surface area (Å²) >= 11 is 5.83. The largest absolute Gasteiger partial charge is 0.326 e. The molecule has 0 aromatic heterocycles. The van der Waals surface area contributed by atoms with Crippen molar-refractivity contribution in [3.63, 3.8) is 0 Å². The Balaban J connectivity index is 2.31. The minimum absolute atomic E-state index is 0.0871. The van der Waals surface area contributed by atoms with Crippen molar-refractivity contribution in [3.05, 3.63) is 29.8 Å². The first kappa shape index (κ1) is 15.0. The van der Waals surface area contributed by atoms with Gasteiger partial charge in [-0.25, -0.2) is 0 Å². The van der Waals surface area contributed by atoms with E-state index in [9.17, 15) is 4.79 Å². The highest BCUT2D eigenvalue weighted by Gasteiger charge is 2.05. The van der Waals surface area contributed by atoms with Crippen LogP contribution >= 0.6 is 11.6 Å². The number of para-hydroxylation sites is 1. The van der Waals surface area contributed by atoms with Crippen LogP contribution in [0.2, 0.25) is 0 Å². The maximum absolute atomic E-state index is 11.8. The molecule has 0 aliphatic carbocycles. The highest BCUT2D eigenvalue weighted by molar-refractivity contribution is 6.17. The van der Waals surface area contributed by atoms with Gasteiger partial charge >= 0.3 is 0 Å². The third-order valence-electron chi connectivity index (χ3n) is 2.94. The van der Waals surface area contributed by atoms with E-state index in [1.165, 1.54) is 19.3 Å². The fourth-order valence-electron chi connectivity index (χ4n) is 1.86. The number of hydrogen-bond donors (Lipinski definition) is 1. The van der Waals surface area contributed by atoms with Crippen molar-refractivity contribution in [2.75, 3.05) is 5.32 Å². The van der Waals surface area contributed by atoms with Gasteiger partial charge in [0.2, 0.25) is 5.91 Å². The number of anilines is 1. The van der Waals surface area contributed by atoms with Crippen molar-refractivity contribution in [1.29, 1.82) is 0 Å². The number of nitrogens with one attached hydrogen (secondary N) is 1. The van der Waals surface area contributed by atoms with Crippen LogP contribution in [0.25, 0.3) is 0 Å². The molecule has 1 N–H and O–H groups in total. The van der Waals surface area contributed by atoms with Gasteiger partial charge < -0.3 is 5.32 Å². The van der Waals surface area contributed by atoms with E-state index in [4.69, 9.17) is 11.6 Å². The first-order valence-corrected chi connectivity index (χ1v) is 7.25. The van der Waals surface area contributed by atoms with E-state index in [2.05, 4.69) is 12.2 Å². The monoisotopic (exact) mass is 267 g/mol. The molecular formula is C15H22ClNO. The summed E-state index contributed by atoms with van der Waals surface area (Å²) < 4.78 is 0. The number of carbonyl (C=O) groups excluding carboxylic acids is 1. The smallest absolute Gasteiger partial charge is 0.224 e. The van der Waals surface area contributed by atoms with E-state index in [1.54, 1.807) is 0 Å². The number of amides is 1. The predicted octanol–water partition coefficient (Wildman–Crippen LogP) is 4.72. The summed E-state index contributed by atoms with van der Waals surface area (Å²) in [4.78, 5) is 11.8. The van der Waals surface area contributed by atoms with Gasteiger partial charge in [0.1, 0.15) is 0 Å². The second-order valence-corrected chi connectivity index (χ2v) is 4.77. The average Bonchev–Trinajstić information content (AvgIpc) is 2.39. The van der Waals surface area contributed by atoms with Gasteiger partial charge in [-0.2, -0.15) is 0 Å². The van der Waals surface area contributed by atoms with Crippen molar-refractivity contribution >= 4 is 23.2 Å². The quantitative estimate of drug-likeness (QED) is 0.536. The summed E-state index contributed by atoms with van der Waals surface area (Å²) in [5.41, 5.74) is 1.81. The van der Waals surface area contributed by atoms with Crippen molar-refractivity contribution < 1.29 is 4.79 Å². The molecule has 1 rings (SSSR count). The zero-order valence-corrected chi connectivity index (χ0v) is 11.8. The Kier molecular flexibility index (Phi) is 7.51. The van der Waals surface area contributed by atoms with Crippen LogP contribution in [0.15, 0.2) is 24.3 Å². The zero-order valence-electron chi connectivity index (χ0n) is 11.0. The normalized spacial score (nSPS) is 10.3. The molecule has 0 saturated carbocycles. The molecule has 100 valence electrons. The lowest BCUT2D eigenvalue weighted by atomic mass is 10.1. The second-order valence-electron chi connectivity index (χ2n) is 4.50. The maximum Gasteiger partial charge on any atom is 0.224 e. The van der Waals surface area contributed by atoms with Gasteiger partial charge in [0.15, 0.2) is 0 Å². The van der Waals surface area contributed by atoms with Crippen LogP contribution in [0.3, 0.4) is 0 Å². The summed E-state index contributed by atoms with van der Waals surface area (Å²) in [6.45, 7) is 2.19. The Morgan fingerprint density at radius 3 is 2.61 bits per heavy atom. The summed E-state index contributed by atoms with van der Waals surface area (Å²) in [5.74, 6) is 0.511. The van der Waals surface area contributed by atoms with Crippen molar-refractivity contribution in [2.45, 2.75) is 51.3 Å². The van der Waals surface area contributed by atoms with Gasteiger partial charge in [-0.05, 0) is 18.1 Å². The molecule has 0 unspecified atom stereocenters. The SMILES string of the molecule is CCCCCCCC(=O)Nc1ccccc1CCl. The molecule has 0 atom stereocenters. The molecule has 1 aromatic rings. The summed E-state index contributed by atoms with van der Waals surface area (Å²) in [6.07, 6.45) is 6.42. The lowest BCUT2D eigenvalue weighted by Crippen LogP contribution is -2.12. The van der Waals surface area contributed by atoms with Gasteiger partial charge in [0.05, 0.1) is 0 Å². The van der Waals surface area contributed by atoms with E-state index in [0.29, 0.717) is 12.3 Å². The molecule has 0 fully saturated rings. The Labute approximate surface area is 115 Å². The van der Waals surface area contributed by atoms with E-state index < -0.39 is 0 Å². The summed E-state index contributed by atoms with van der Waals surface area (Å²) in [7, 11) is 0. The fraction of sp³-hybridized carbons (Fsp3) is 0.533. The Morgan fingerprint density at radius 1 is 1.17 bits per heavy atom. The molecule has 1 amide bonds. The van der Waals surface area contributed by atoms with Gasteiger partial charge in [-0.3, -0.25) is 4.79 Å². The molecule has 0 spiro atoms. The number of carbonyl (C=O) groups is 1. The Morgan fingerprint density at radius 2 is 1.89 bits per heavy atom. The van der Waals surface area contributed by atoms with Crippen molar-refractivity contribution in [1.82, 2.24) is 0 Å². The summed E-state index contributed by atoms with van der Waals surface area (Å²) in [6, 6.07) is 7.67. The van der Waals surface area contributed by atoms with Crippen molar-refractivity contribution in [2.24, 2.45) is 0 Å². The van der Waals surface area contributed by atoms with Crippen LogP contribution < -0.4 is 5.32 Å². The van der Waals surface area contributed by atoms with Crippen LogP contribution in [0.1, 0.15) is 51.0 Å². The van der Waals surface area contributed by atoms with Crippen LogP contribution in [0.4, 0.5) is 5.69 Å². The van der Waals surface area contributed by atoms with Crippen LogP contribution in [-0.2, 0) is 10.7 Å². The molecule has 0 saturated heterocycles. The van der Waals surface area contributed by atoms with E-state index in [1.807, 2.05) is 24.3 Å².